The highest BCUT2D eigenvalue weighted by Gasteiger charge is 2.23. The van der Waals surface area contributed by atoms with Gasteiger partial charge in [0, 0.05) is 25.5 Å². The van der Waals surface area contributed by atoms with Gasteiger partial charge < -0.3 is 19.9 Å². The van der Waals surface area contributed by atoms with E-state index in [1.165, 1.54) is 0 Å². The van der Waals surface area contributed by atoms with Gasteiger partial charge in [0.25, 0.3) is 0 Å². The molecule has 0 bridgehead atoms. The van der Waals surface area contributed by atoms with Gasteiger partial charge in [-0.25, -0.2) is 4.79 Å². The number of aromatic nitrogens is 2. The Hall–Kier alpha value is -1.63. The van der Waals surface area contributed by atoms with Crippen LogP contribution in [0.1, 0.15) is 51.2 Å². The molecule has 2 atom stereocenters. The summed E-state index contributed by atoms with van der Waals surface area (Å²) in [5.41, 5.74) is 0. The van der Waals surface area contributed by atoms with Crippen molar-refractivity contribution in [2.45, 2.75) is 58.1 Å². The number of hydrogen-bond donors (Lipinski definition) is 2. The third-order valence-electron chi connectivity index (χ3n) is 3.51. The summed E-state index contributed by atoms with van der Waals surface area (Å²) in [7, 11) is 0. The van der Waals surface area contributed by atoms with Crippen molar-refractivity contribution in [3.8, 4) is 0 Å². The molecule has 0 aliphatic carbocycles. The Morgan fingerprint density at radius 2 is 2.24 bits per heavy atom. The van der Waals surface area contributed by atoms with E-state index in [0.717, 1.165) is 19.4 Å². The van der Waals surface area contributed by atoms with E-state index in [1.54, 1.807) is 0 Å². The summed E-state index contributed by atoms with van der Waals surface area (Å²) < 4.78 is 10.7. The molecule has 7 heteroatoms. The Bertz CT molecular complexity index is 455. The van der Waals surface area contributed by atoms with Crippen LogP contribution in [0.2, 0.25) is 0 Å². The van der Waals surface area contributed by atoms with Gasteiger partial charge in [-0.1, -0.05) is 19.0 Å². The van der Waals surface area contributed by atoms with E-state index in [9.17, 15) is 4.79 Å². The monoisotopic (exact) mass is 296 g/mol. The lowest BCUT2D eigenvalue weighted by Crippen LogP contribution is -2.46. The maximum Gasteiger partial charge on any atom is 0.315 e. The number of nitrogens with one attached hydrogen (secondary N) is 2. The Balaban J connectivity index is 1.66. The summed E-state index contributed by atoms with van der Waals surface area (Å²) in [5.74, 6) is 1.48. The zero-order valence-corrected chi connectivity index (χ0v) is 12.9. The zero-order chi connectivity index (χ0) is 15.2. The molecule has 0 spiro atoms. The molecule has 1 aromatic heterocycles. The first-order chi connectivity index (χ1) is 10.1. The summed E-state index contributed by atoms with van der Waals surface area (Å²) in [6.45, 7) is 7.22. The Kier molecular flexibility index (Phi) is 5.55. The van der Waals surface area contributed by atoms with Crippen LogP contribution in [0.5, 0.6) is 0 Å². The van der Waals surface area contributed by atoms with Gasteiger partial charge >= 0.3 is 6.03 Å². The van der Waals surface area contributed by atoms with Gasteiger partial charge in [0.1, 0.15) is 0 Å². The third-order valence-corrected chi connectivity index (χ3v) is 3.51. The molecule has 1 aliphatic rings. The first kappa shape index (κ1) is 15.8. The number of nitrogens with zero attached hydrogens (tertiary/aromatic N) is 2. The normalized spacial score (nSPS) is 19.7. The molecule has 0 aromatic carbocycles. The van der Waals surface area contributed by atoms with Crippen LogP contribution in [0.4, 0.5) is 4.79 Å². The number of hydrogen-bond acceptors (Lipinski definition) is 5. The Labute approximate surface area is 124 Å². The highest BCUT2D eigenvalue weighted by molar-refractivity contribution is 5.74. The molecule has 2 rings (SSSR count). The second-order valence-electron chi connectivity index (χ2n) is 5.69. The highest BCUT2D eigenvalue weighted by atomic mass is 16.5. The number of amides is 2. The van der Waals surface area contributed by atoms with Crippen LogP contribution >= 0.6 is 0 Å². The summed E-state index contributed by atoms with van der Waals surface area (Å²) in [6, 6.07) is -0.176. The first-order valence-corrected chi connectivity index (χ1v) is 7.54. The highest BCUT2D eigenvalue weighted by Crippen LogP contribution is 2.15. The van der Waals surface area contributed by atoms with Crippen LogP contribution in [0, 0.1) is 0 Å². The van der Waals surface area contributed by atoms with Crippen LogP contribution in [0.3, 0.4) is 0 Å². The number of urea groups is 1. The largest absolute Gasteiger partial charge is 0.376 e. The lowest BCUT2D eigenvalue weighted by molar-refractivity contribution is 0.0860. The van der Waals surface area contributed by atoms with Gasteiger partial charge in [-0.2, -0.15) is 4.98 Å². The standard InChI is InChI=1S/C14H24N4O3/c1-9(2)13-17-12(21-18-13)6-7-15-14(19)16-10(3)11-5-4-8-20-11/h9-11H,4-8H2,1-3H3,(H2,15,16,19)/t10-,11-/m1/s1. The fourth-order valence-corrected chi connectivity index (χ4v) is 2.23. The molecule has 1 fully saturated rings. The van der Waals surface area contributed by atoms with Crippen LogP contribution in [0.15, 0.2) is 4.52 Å². The third kappa shape index (κ3) is 4.70. The second-order valence-corrected chi connectivity index (χ2v) is 5.69. The van der Waals surface area contributed by atoms with Crippen molar-refractivity contribution in [1.82, 2.24) is 20.8 Å². The van der Waals surface area contributed by atoms with Gasteiger partial charge in [0.15, 0.2) is 5.82 Å². The van der Waals surface area contributed by atoms with E-state index in [0.29, 0.717) is 24.7 Å². The molecule has 2 amide bonds. The van der Waals surface area contributed by atoms with E-state index in [2.05, 4.69) is 20.8 Å². The predicted molar refractivity (Wildman–Crippen MR) is 77.1 cm³/mol. The van der Waals surface area contributed by atoms with E-state index >= 15 is 0 Å². The van der Waals surface area contributed by atoms with Gasteiger partial charge in [0.2, 0.25) is 5.89 Å². The Morgan fingerprint density at radius 3 is 2.86 bits per heavy atom. The molecule has 0 saturated carbocycles. The maximum absolute atomic E-state index is 11.8. The fourth-order valence-electron chi connectivity index (χ4n) is 2.23. The molecule has 7 nitrogen and oxygen atoms in total. The van der Waals surface area contributed by atoms with Crippen molar-refractivity contribution < 1.29 is 14.1 Å². The van der Waals surface area contributed by atoms with E-state index in [4.69, 9.17) is 9.26 Å². The summed E-state index contributed by atoms with van der Waals surface area (Å²) in [4.78, 5) is 16.0. The van der Waals surface area contributed by atoms with Gasteiger partial charge in [-0.15, -0.1) is 0 Å². The number of carbonyl (C=O) groups is 1. The van der Waals surface area contributed by atoms with Crippen LogP contribution < -0.4 is 10.6 Å². The van der Waals surface area contributed by atoms with Crippen molar-refractivity contribution in [2.24, 2.45) is 0 Å². The smallest absolute Gasteiger partial charge is 0.315 e. The lowest BCUT2D eigenvalue weighted by atomic mass is 10.1. The molecule has 2 N–H and O–H groups in total. The second kappa shape index (κ2) is 7.40. The minimum absolute atomic E-state index is 0.0171. The number of carbonyl (C=O) groups excluding carboxylic acids is 1. The summed E-state index contributed by atoms with van der Waals surface area (Å²) in [6.07, 6.45) is 2.72. The quantitative estimate of drug-likeness (QED) is 0.832. The number of ether oxygens (including phenoxy) is 1. The van der Waals surface area contributed by atoms with E-state index in [1.807, 2.05) is 20.8 Å². The molecule has 1 aliphatic heterocycles. The molecular formula is C14H24N4O3. The molecule has 1 aromatic rings. The Morgan fingerprint density at radius 1 is 1.43 bits per heavy atom. The average Bonchev–Trinajstić information content (AvgIpc) is 3.10. The first-order valence-electron chi connectivity index (χ1n) is 7.54. The van der Waals surface area contributed by atoms with Crippen LogP contribution in [-0.2, 0) is 11.2 Å². The summed E-state index contributed by atoms with van der Waals surface area (Å²) in [5, 5.41) is 9.56. The molecule has 0 unspecified atom stereocenters. The van der Waals surface area contributed by atoms with E-state index in [-0.39, 0.29) is 24.1 Å². The minimum atomic E-state index is -0.193. The van der Waals surface area contributed by atoms with E-state index < -0.39 is 0 Å². The summed E-state index contributed by atoms with van der Waals surface area (Å²) >= 11 is 0. The molecule has 2 heterocycles. The molecule has 21 heavy (non-hydrogen) atoms. The van der Waals surface area contributed by atoms with Gasteiger partial charge in [-0.05, 0) is 19.8 Å². The van der Waals surface area contributed by atoms with Crippen molar-refractivity contribution in [3.05, 3.63) is 11.7 Å². The van der Waals surface area contributed by atoms with Crippen molar-refractivity contribution >= 4 is 6.03 Å². The van der Waals surface area contributed by atoms with Gasteiger partial charge in [0.05, 0.1) is 12.1 Å². The minimum Gasteiger partial charge on any atom is -0.376 e. The predicted octanol–water partition coefficient (Wildman–Crippen LogP) is 1.60. The fraction of sp³-hybridized carbons (Fsp3) is 0.786. The molecule has 118 valence electrons. The van der Waals surface area contributed by atoms with Gasteiger partial charge in [-0.3, -0.25) is 0 Å². The maximum atomic E-state index is 11.8. The molecule has 1 saturated heterocycles. The average molecular weight is 296 g/mol. The SMILES string of the molecule is CC(C)c1noc(CCNC(=O)N[C@H](C)[C@H]2CCCO2)n1. The van der Waals surface area contributed by atoms with Crippen molar-refractivity contribution in [2.75, 3.05) is 13.2 Å². The molecular weight excluding hydrogens is 272 g/mol. The van der Waals surface area contributed by atoms with Crippen LogP contribution in [0.25, 0.3) is 0 Å². The lowest BCUT2D eigenvalue weighted by Gasteiger charge is -2.20. The topological polar surface area (TPSA) is 89.3 Å². The molecule has 0 radical (unpaired) electrons. The zero-order valence-electron chi connectivity index (χ0n) is 12.9. The van der Waals surface area contributed by atoms with Crippen LogP contribution in [-0.4, -0.2) is 41.5 Å². The van der Waals surface area contributed by atoms with Crippen molar-refractivity contribution in [1.29, 1.82) is 0 Å². The van der Waals surface area contributed by atoms with Crippen molar-refractivity contribution in [3.63, 3.8) is 0 Å². The number of rotatable bonds is 6.